The van der Waals surface area contributed by atoms with Crippen molar-refractivity contribution in [2.45, 2.75) is 20.8 Å². The second-order valence-corrected chi connectivity index (χ2v) is 3.78. The molecule has 70 valence electrons. The first-order chi connectivity index (χ1) is 5.36. The van der Waals surface area contributed by atoms with Crippen LogP contribution in [0.15, 0.2) is 0 Å². The van der Waals surface area contributed by atoms with E-state index in [1.807, 2.05) is 0 Å². The number of hydrogen-bond acceptors (Lipinski definition) is 4. The molecule has 0 aliphatic heterocycles. The maximum absolute atomic E-state index is 10.2. The lowest BCUT2D eigenvalue weighted by atomic mass is 10.5. The minimum absolute atomic E-state index is 0.000185. The van der Waals surface area contributed by atoms with Crippen LogP contribution in [0.1, 0.15) is 20.8 Å². The van der Waals surface area contributed by atoms with Crippen LogP contribution in [0.25, 0.3) is 0 Å². The third-order valence-corrected chi connectivity index (χ3v) is 1.44. The summed E-state index contributed by atoms with van der Waals surface area (Å²) in [6.45, 7) is 4.31. The Bertz CT molecular complexity index is 159. The van der Waals surface area contributed by atoms with E-state index in [4.69, 9.17) is 0 Å². The highest BCUT2D eigenvalue weighted by atomic mass is 32.2. The third kappa shape index (κ3) is 33.2. The fourth-order valence-corrected chi connectivity index (χ4v) is 0.610. The zero-order chi connectivity index (χ0) is 10.1. The zero-order valence-corrected chi connectivity index (χ0v) is 9.00. The quantitative estimate of drug-likeness (QED) is 0.695. The van der Waals surface area contributed by atoms with Crippen molar-refractivity contribution in [3.63, 3.8) is 0 Å². The molecule has 0 spiro atoms. The van der Waals surface area contributed by atoms with Crippen molar-refractivity contribution in [3.05, 3.63) is 0 Å². The van der Waals surface area contributed by atoms with Crippen molar-refractivity contribution < 1.29 is 14.4 Å². The summed E-state index contributed by atoms with van der Waals surface area (Å²) in [7, 11) is 0. The van der Waals surface area contributed by atoms with Crippen molar-refractivity contribution in [1.82, 2.24) is 0 Å². The van der Waals surface area contributed by atoms with E-state index in [0.29, 0.717) is 5.75 Å². The molecular formula is C7H12O3S2. The number of carbonyl (C=O) groups is 3. The van der Waals surface area contributed by atoms with Crippen LogP contribution in [0.2, 0.25) is 0 Å². The Morgan fingerprint density at radius 2 is 1.50 bits per heavy atom. The summed E-state index contributed by atoms with van der Waals surface area (Å²) in [4.78, 5) is 29.6. The smallest absolute Gasteiger partial charge is 0.186 e. The van der Waals surface area contributed by atoms with Gasteiger partial charge in [-0.2, -0.15) is 0 Å². The fraction of sp³-hybridized carbons (Fsp3) is 0.571. The van der Waals surface area contributed by atoms with E-state index in [-0.39, 0.29) is 16.0 Å². The summed E-state index contributed by atoms with van der Waals surface area (Å²) in [5, 5.41) is -0.139. The van der Waals surface area contributed by atoms with Gasteiger partial charge in [-0.1, -0.05) is 11.8 Å². The molecule has 5 heteroatoms. The number of carbonyl (C=O) groups excluding carboxylic acids is 3. The van der Waals surface area contributed by atoms with Crippen LogP contribution in [0.5, 0.6) is 0 Å². The van der Waals surface area contributed by atoms with Gasteiger partial charge in [0.2, 0.25) is 0 Å². The molecule has 0 rings (SSSR count). The minimum Gasteiger partial charge on any atom is -0.299 e. The SMILES string of the molecule is CC(=O)CSC(C)=O.CC(=O)S. The fourth-order valence-electron chi connectivity index (χ4n) is 0.203. The van der Waals surface area contributed by atoms with Crippen LogP contribution in [-0.2, 0) is 14.4 Å². The van der Waals surface area contributed by atoms with Crippen LogP contribution in [-0.4, -0.2) is 21.8 Å². The summed E-state index contributed by atoms with van der Waals surface area (Å²) in [5.74, 6) is 0.361. The average molecular weight is 208 g/mol. The standard InChI is InChI=1S/C5H8O2S.C2H4OS/c1-4(6)3-8-5(2)7;1-2(3)4/h3H2,1-2H3;1H3,(H,3,4). The predicted octanol–water partition coefficient (Wildman–Crippen LogP) is 1.32. The maximum Gasteiger partial charge on any atom is 0.186 e. The van der Waals surface area contributed by atoms with E-state index in [9.17, 15) is 14.4 Å². The molecule has 0 saturated heterocycles. The molecule has 12 heavy (non-hydrogen) atoms. The number of ketones is 1. The summed E-state index contributed by atoms with van der Waals surface area (Å²) in [6, 6.07) is 0. The summed E-state index contributed by atoms with van der Waals surface area (Å²) < 4.78 is 0. The molecule has 0 saturated carbocycles. The van der Waals surface area contributed by atoms with Gasteiger partial charge in [0.1, 0.15) is 5.78 Å². The molecule has 0 aliphatic rings. The molecule has 0 aliphatic carbocycles. The molecule has 0 heterocycles. The van der Waals surface area contributed by atoms with E-state index in [0.717, 1.165) is 11.8 Å². The van der Waals surface area contributed by atoms with Crippen LogP contribution in [0.4, 0.5) is 0 Å². The molecule has 0 bridgehead atoms. The molecule has 0 aromatic rings. The Morgan fingerprint density at radius 3 is 1.58 bits per heavy atom. The number of Topliss-reactive ketones (excluding diaryl/α,β-unsaturated/α-hetero) is 1. The number of thioether (sulfide) groups is 1. The van der Waals surface area contributed by atoms with E-state index >= 15 is 0 Å². The Hall–Kier alpha value is -0.290. The largest absolute Gasteiger partial charge is 0.299 e. The first kappa shape index (κ1) is 14.2. The van der Waals surface area contributed by atoms with Gasteiger partial charge in [-0.25, -0.2) is 0 Å². The molecule has 0 amide bonds. The predicted molar refractivity (Wildman–Crippen MR) is 53.5 cm³/mol. The van der Waals surface area contributed by atoms with Gasteiger partial charge >= 0.3 is 0 Å². The van der Waals surface area contributed by atoms with Crippen LogP contribution >= 0.6 is 24.4 Å². The normalized spacial score (nSPS) is 8.00. The van der Waals surface area contributed by atoms with Gasteiger partial charge in [0.15, 0.2) is 10.2 Å². The molecule has 0 radical (unpaired) electrons. The molecule has 3 nitrogen and oxygen atoms in total. The summed E-state index contributed by atoms with van der Waals surface area (Å²) >= 11 is 4.38. The summed E-state index contributed by atoms with van der Waals surface area (Å²) in [6.07, 6.45) is 0. The Kier molecular flexibility index (Phi) is 10.5. The maximum atomic E-state index is 10.2. The van der Waals surface area contributed by atoms with Crippen molar-refractivity contribution in [3.8, 4) is 0 Å². The zero-order valence-electron chi connectivity index (χ0n) is 7.29. The van der Waals surface area contributed by atoms with Gasteiger partial charge < -0.3 is 0 Å². The Morgan fingerprint density at radius 1 is 1.17 bits per heavy atom. The number of thiol groups is 1. The molecule has 0 aromatic carbocycles. The van der Waals surface area contributed by atoms with Gasteiger partial charge in [0.05, 0.1) is 5.75 Å². The van der Waals surface area contributed by atoms with E-state index in [1.165, 1.54) is 20.8 Å². The van der Waals surface area contributed by atoms with Crippen molar-refractivity contribution >= 4 is 40.4 Å². The second kappa shape index (κ2) is 8.80. The molecule has 0 fully saturated rings. The lowest BCUT2D eigenvalue weighted by Crippen LogP contribution is -1.95. The molecule has 0 unspecified atom stereocenters. The van der Waals surface area contributed by atoms with E-state index < -0.39 is 0 Å². The van der Waals surface area contributed by atoms with Crippen LogP contribution in [0, 0.1) is 0 Å². The molecule has 0 aromatic heterocycles. The van der Waals surface area contributed by atoms with Gasteiger partial charge in [-0.15, -0.1) is 12.6 Å². The van der Waals surface area contributed by atoms with Gasteiger partial charge in [-0.3, -0.25) is 14.4 Å². The molecular weight excluding hydrogens is 196 g/mol. The minimum atomic E-state index is -0.139. The highest BCUT2D eigenvalue weighted by Crippen LogP contribution is 1.99. The first-order valence-electron chi connectivity index (χ1n) is 3.18. The van der Waals surface area contributed by atoms with Crippen molar-refractivity contribution in [1.29, 1.82) is 0 Å². The lowest BCUT2D eigenvalue weighted by Gasteiger charge is -1.86. The Balaban J connectivity index is 0. The van der Waals surface area contributed by atoms with Crippen molar-refractivity contribution in [2.75, 3.05) is 5.75 Å². The number of hydrogen-bond donors (Lipinski definition) is 1. The van der Waals surface area contributed by atoms with Crippen molar-refractivity contribution in [2.24, 2.45) is 0 Å². The molecule has 0 atom stereocenters. The van der Waals surface area contributed by atoms with Crippen LogP contribution < -0.4 is 0 Å². The third-order valence-electron chi connectivity index (χ3n) is 0.479. The molecule has 0 N–H and O–H groups in total. The highest BCUT2D eigenvalue weighted by molar-refractivity contribution is 8.14. The Labute approximate surface area is 81.7 Å². The second-order valence-electron chi connectivity index (χ2n) is 2.00. The van der Waals surface area contributed by atoms with Crippen LogP contribution in [0.3, 0.4) is 0 Å². The van der Waals surface area contributed by atoms with Gasteiger partial charge in [0, 0.05) is 13.8 Å². The lowest BCUT2D eigenvalue weighted by molar-refractivity contribution is -0.115. The average Bonchev–Trinajstić information content (AvgIpc) is 1.82. The van der Waals surface area contributed by atoms with Gasteiger partial charge in [0.25, 0.3) is 0 Å². The number of rotatable bonds is 2. The summed E-state index contributed by atoms with van der Waals surface area (Å²) in [5.41, 5.74) is 0. The monoisotopic (exact) mass is 208 g/mol. The van der Waals surface area contributed by atoms with Gasteiger partial charge in [-0.05, 0) is 6.92 Å². The first-order valence-corrected chi connectivity index (χ1v) is 4.62. The highest BCUT2D eigenvalue weighted by Gasteiger charge is 1.95. The van der Waals surface area contributed by atoms with E-state index in [2.05, 4.69) is 12.6 Å². The topological polar surface area (TPSA) is 51.2 Å². The van der Waals surface area contributed by atoms with E-state index in [1.54, 1.807) is 0 Å².